The Balaban J connectivity index is 1.10. The van der Waals surface area contributed by atoms with Gasteiger partial charge in [-0.15, -0.1) is 0 Å². The van der Waals surface area contributed by atoms with Crippen molar-refractivity contribution in [2.24, 2.45) is 60.5 Å². The molecule has 0 radical (unpaired) electrons. The van der Waals surface area contributed by atoms with Crippen molar-refractivity contribution in [2.45, 2.75) is 70.4 Å². The van der Waals surface area contributed by atoms with E-state index in [0.29, 0.717) is 48.6 Å². The molecule has 5 aliphatic carbocycles. The van der Waals surface area contributed by atoms with Crippen LogP contribution in [0.25, 0.3) is 10.8 Å². The standard InChI is InChI=1S/C48H46N8O2Si/c1-2-10-34-33(9-1)41-49-42(34)52-46-39-15-7-8-16-40(39)48-54-44-36-12-4-3-11-35(36)43(50-44)53-47-38-14-6-5-13-37(38)45(51-41)55(47)59(56(46)48,57-25-31-23-27-17-19-29(31)21-27)58-26-32-24-28-18-20-30(32)22-28/h1-3,5-11,13-16,27-32,45H,4,12,17-26H2,(H,49,51,52)/b53-47-,54-44-. The van der Waals surface area contributed by atoms with Crippen molar-refractivity contribution in [3.05, 3.63) is 118 Å². The van der Waals surface area contributed by atoms with E-state index in [1.165, 1.54) is 51.4 Å². The zero-order valence-corrected chi connectivity index (χ0v) is 34.1. The first-order valence-electron chi connectivity index (χ1n) is 22.2. The number of amidine groups is 5. The van der Waals surface area contributed by atoms with Gasteiger partial charge in [-0.25, -0.2) is 25.0 Å². The zero-order chi connectivity index (χ0) is 38.4. The predicted octanol–water partition coefficient (Wildman–Crippen LogP) is 9.14. The summed E-state index contributed by atoms with van der Waals surface area (Å²) in [7, 11) is -3.99. The normalized spacial score (nSPS) is 35.0. The molecule has 1 N–H and O–H groups in total. The maximum Gasteiger partial charge on any atom is 0.599 e. The summed E-state index contributed by atoms with van der Waals surface area (Å²) in [5.41, 5.74) is 6.41. The molecule has 4 saturated carbocycles. The molecule has 0 amide bonds. The van der Waals surface area contributed by atoms with Crippen molar-refractivity contribution in [1.82, 2.24) is 14.1 Å². The molecule has 5 aliphatic heterocycles. The number of nitrogens with one attached hydrogen (secondary N) is 1. The van der Waals surface area contributed by atoms with Gasteiger partial charge in [0.05, 0.1) is 0 Å². The van der Waals surface area contributed by atoms with Crippen LogP contribution in [0.3, 0.4) is 0 Å². The van der Waals surface area contributed by atoms with Gasteiger partial charge in [0.25, 0.3) is 0 Å². The molecule has 14 rings (SSSR count). The highest BCUT2D eigenvalue weighted by Gasteiger charge is 2.62. The molecule has 59 heavy (non-hydrogen) atoms. The molecule has 3 aromatic carbocycles. The van der Waals surface area contributed by atoms with Crippen molar-refractivity contribution in [3.63, 3.8) is 0 Å². The van der Waals surface area contributed by atoms with E-state index in [9.17, 15) is 0 Å². The zero-order valence-electron chi connectivity index (χ0n) is 33.1. The van der Waals surface area contributed by atoms with Crippen molar-refractivity contribution in [3.8, 4) is 0 Å². The first kappa shape index (κ1) is 33.6. The summed E-state index contributed by atoms with van der Waals surface area (Å²) >= 11 is 0. The second-order valence-corrected chi connectivity index (χ2v) is 21.3. The van der Waals surface area contributed by atoms with Gasteiger partial charge in [0, 0.05) is 57.4 Å². The fraction of sp³-hybridized carbons (Fsp3) is 0.396. The Morgan fingerprint density at radius 1 is 0.644 bits per heavy atom. The number of fused-ring (bicyclic) bond motifs is 17. The molecule has 6 heterocycles. The smallest absolute Gasteiger partial charge is 0.361 e. The molecule has 11 heteroatoms. The Hall–Kier alpha value is -5.23. The molecule has 10 nitrogen and oxygen atoms in total. The lowest BCUT2D eigenvalue weighted by Crippen LogP contribution is -2.68. The largest absolute Gasteiger partial charge is 0.599 e. The Labute approximate surface area is 344 Å². The van der Waals surface area contributed by atoms with Crippen LogP contribution in [0.15, 0.2) is 121 Å². The van der Waals surface area contributed by atoms with Gasteiger partial charge in [-0.1, -0.05) is 97.8 Å². The molecule has 294 valence electrons. The minimum Gasteiger partial charge on any atom is -0.361 e. The highest BCUT2D eigenvalue weighted by atomic mass is 28.4. The fourth-order valence-electron chi connectivity index (χ4n) is 12.8. The molecule has 10 aliphatic rings. The molecule has 0 saturated heterocycles. The topological polar surface area (TPSA) is 100 Å². The SMILES string of the molecule is C1=CC2=C(CC1)/C1=N/c3c4ccccc4c4n3[Si](OCC3CC5CCC3C5)(OCC3CC5CCC3C5)N3/C(=N\C2=N1)c1ccccc1C3NC1=N/C(=N\4)c2ccccc21. The van der Waals surface area contributed by atoms with E-state index in [0.717, 1.165) is 98.0 Å². The van der Waals surface area contributed by atoms with Gasteiger partial charge in [-0.2, -0.15) is 0 Å². The summed E-state index contributed by atoms with van der Waals surface area (Å²) in [5, 5.41) is 6.05. The van der Waals surface area contributed by atoms with E-state index in [-0.39, 0.29) is 0 Å². The number of hydrogen-bond acceptors (Lipinski definition) is 9. The third-order valence-corrected chi connectivity index (χ3v) is 18.7. The van der Waals surface area contributed by atoms with Crippen molar-refractivity contribution < 1.29 is 8.85 Å². The number of benzene rings is 3. The summed E-state index contributed by atoms with van der Waals surface area (Å²) in [5.74, 6) is 9.21. The maximum absolute atomic E-state index is 8.04. The van der Waals surface area contributed by atoms with E-state index in [2.05, 4.69) is 99.1 Å². The molecule has 4 fully saturated rings. The quantitative estimate of drug-likeness (QED) is 0.197. The second kappa shape index (κ2) is 12.4. The number of hydrogen-bond donors (Lipinski definition) is 1. The first-order valence-corrected chi connectivity index (χ1v) is 23.9. The summed E-state index contributed by atoms with van der Waals surface area (Å²) in [4.78, 5) is 27.7. The van der Waals surface area contributed by atoms with Crippen molar-refractivity contribution in [1.29, 1.82) is 0 Å². The lowest BCUT2D eigenvalue weighted by atomic mass is 9.90. The fourth-order valence-corrected chi connectivity index (χ4v) is 16.4. The lowest BCUT2D eigenvalue weighted by Gasteiger charge is -2.44. The summed E-state index contributed by atoms with van der Waals surface area (Å²) in [6.45, 7) is 1.24. The third-order valence-electron chi connectivity index (χ3n) is 15.6. The van der Waals surface area contributed by atoms with E-state index in [1.54, 1.807) is 0 Å². The summed E-state index contributed by atoms with van der Waals surface area (Å²) in [6, 6.07) is 25.8. The van der Waals surface area contributed by atoms with E-state index in [4.69, 9.17) is 33.8 Å². The van der Waals surface area contributed by atoms with Crippen LogP contribution in [0.4, 0.5) is 11.6 Å². The molecule has 4 aromatic rings. The molecule has 7 atom stereocenters. The van der Waals surface area contributed by atoms with Crippen LogP contribution in [-0.2, 0) is 8.85 Å². The first-order chi connectivity index (χ1) is 29.2. The monoisotopic (exact) mass is 794 g/mol. The van der Waals surface area contributed by atoms with Crippen LogP contribution in [0, 0.1) is 35.5 Å². The van der Waals surface area contributed by atoms with Crippen LogP contribution >= 0.6 is 0 Å². The summed E-state index contributed by atoms with van der Waals surface area (Å²) in [6.07, 6.45) is 16.2. The number of aromatic nitrogens is 1. The average Bonchev–Trinajstić information content (AvgIpc) is 4.17. The van der Waals surface area contributed by atoms with Gasteiger partial charge >= 0.3 is 8.88 Å². The third kappa shape index (κ3) is 4.77. The van der Waals surface area contributed by atoms with Gasteiger partial charge in [0.15, 0.2) is 17.5 Å². The van der Waals surface area contributed by atoms with Crippen LogP contribution < -0.4 is 5.32 Å². The minimum absolute atomic E-state index is 0.410. The van der Waals surface area contributed by atoms with Crippen LogP contribution in [0.2, 0.25) is 0 Å². The Bertz CT molecular complexity index is 2720. The van der Waals surface area contributed by atoms with Gasteiger partial charge in [0.2, 0.25) is 0 Å². The highest BCUT2D eigenvalue weighted by Crippen LogP contribution is 2.53. The van der Waals surface area contributed by atoms with Crippen LogP contribution in [0.5, 0.6) is 0 Å². The van der Waals surface area contributed by atoms with Gasteiger partial charge in [0.1, 0.15) is 29.5 Å². The van der Waals surface area contributed by atoms with Crippen molar-refractivity contribution in [2.75, 3.05) is 13.2 Å². The number of allylic oxidation sites excluding steroid dienone is 1. The Kier molecular flexibility index (Phi) is 7.06. The number of rotatable bonds is 6. The average molecular weight is 795 g/mol. The molecule has 0 spiro atoms. The minimum atomic E-state index is -3.99. The van der Waals surface area contributed by atoms with E-state index < -0.39 is 15.0 Å². The maximum atomic E-state index is 8.04. The van der Waals surface area contributed by atoms with Crippen molar-refractivity contribution >= 4 is 60.5 Å². The van der Waals surface area contributed by atoms with Gasteiger partial charge in [-0.3, -0.25) is 8.80 Å². The molecular formula is C48H46N8O2Si. The lowest BCUT2D eigenvalue weighted by molar-refractivity contribution is 0.0621. The molecule has 1 aromatic heterocycles. The van der Waals surface area contributed by atoms with Crippen LogP contribution in [-0.4, -0.2) is 60.1 Å². The van der Waals surface area contributed by atoms with E-state index >= 15 is 0 Å². The predicted molar refractivity (Wildman–Crippen MR) is 233 cm³/mol. The molecule has 10 bridgehead atoms. The number of aliphatic imine (C=N–C) groups is 5. The summed E-state index contributed by atoms with van der Waals surface area (Å²) < 4.78 is 20.9. The van der Waals surface area contributed by atoms with E-state index in [1.807, 2.05) is 0 Å². The number of nitrogens with zero attached hydrogens (tertiary/aromatic N) is 7. The molecular weight excluding hydrogens is 749 g/mol. The highest BCUT2D eigenvalue weighted by molar-refractivity contribution is 6.68. The van der Waals surface area contributed by atoms with Crippen LogP contribution in [0.1, 0.15) is 92.6 Å². The molecule has 7 unspecified atom stereocenters. The Morgan fingerprint density at radius 2 is 1.31 bits per heavy atom. The second-order valence-electron chi connectivity index (χ2n) is 18.7. The Morgan fingerprint density at radius 3 is 2.00 bits per heavy atom. The van der Waals surface area contributed by atoms with Gasteiger partial charge < -0.3 is 14.2 Å². The van der Waals surface area contributed by atoms with Gasteiger partial charge in [-0.05, 0) is 86.9 Å².